The summed E-state index contributed by atoms with van der Waals surface area (Å²) in [6.07, 6.45) is 9.88. The lowest BCUT2D eigenvalue weighted by molar-refractivity contribution is 0.0952. The van der Waals surface area contributed by atoms with Crippen molar-refractivity contribution in [2.24, 2.45) is 0 Å². The number of aryl methyl sites for hydroxylation is 2. The Balaban J connectivity index is 1.51. The standard InChI is InChI=1S/C18H22N6O2/c1-12-13(16(25)20-6-3-8-24-9-7-19-11-24)14-15(23-18(2)4-5-18)21-10-22-17(14)26-12/h7,9-11H,3-6,8H2,1-2H3,(H,20,25)(H,21,22,23). The number of rotatable bonds is 7. The molecule has 1 saturated carbocycles. The van der Waals surface area contributed by atoms with Gasteiger partial charge in [-0.05, 0) is 33.1 Å². The summed E-state index contributed by atoms with van der Waals surface area (Å²) in [6, 6.07) is 0. The highest BCUT2D eigenvalue weighted by molar-refractivity contribution is 6.10. The molecule has 1 fully saturated rings. The SMILES string of the molecule is Cc1oc2ncnc(NC3(C)CC3)c2c1C(=O)NCCCn1ccnc1. The van der Waals surface area contributed by atoms with Gasteiger partial charge in [-0.25, -0.2) is 15.0 Å². The van der Waals surface area contributed by atoms with E-state index in [9.17, 15) is 4.79 Å². The zero-order valence-electron chi connectivity index (χ0n) is 15.0. The van der Waals surface area contributed by atoms with E-state index in [2.05, 4.69) is 32.5 Å². The minimum atomic E-state index is -0.161. The lowest BCUT2D eigenvalue weighted by atomic mass is 10.1. The van der Waals surface area contributed by atoms with Crippen molar-refractivity contribution in [2.75, 3.05) is 11.9 Å². The van der Waals surface area contributed by atoms with Gasteiger partial charge in [0.15, 0.2) is 0 Å². The van der Waals surface area contributed by atoms with Crippen LogP contribution in [0.5, 0.6) is 0 Å². The van der Waals surface area contributed by atoms with E-state index in [-0.39, 0.29) is 11.4 Å². The van der Waals surface area contributed by atoms with Crippen molar-refractivity contribution >= 4 is 22.8 Å². The van der Waals surface area contributed by atoms with E-state index in [0.29, 0.717) is 34.8 Å². The predicted octanol–water partition coefficient (Wildman–Crippen LogP) is 2.51. The molecule has 8 nitrogen and oxygen atoms in total. The molecule has 3 aromatic rings. The number of nitrogens with one attached hydrogen (secondary N) is 2. The lowest BCUT2D eigenvalue weighted by Crippen LogP contribution is -2.26. The fourth-order valence-electron chi connectivity index (χ4n) is 2.98. The molecule has 0 radical (unpaired) electrons. The third kappa shape index (κ3) is 3.26. The molecule has 3 heterocycles. The van der Waals surface area contributed by atoms with Crippen LogP contribution >= 0.6 is 0 Å². The zero-order valence-corrected chi connectivity index (χ0v) is 15.0. The summed E-state index contributed by atoms with van der Waals surface area (Å²) in [7, 11) is 0. The molecule has 26 heavy (non-hydrogen) atoms. The summed E-state index contributed by atoms with van der Waals surface area (Å²) in [5.41, 5.74) is 0.994. The molecule has 0 spiro atoms. The normalized spacial score (nSPS) is 15.2. The zero-order chi connectivity index (χ0) is 18.1. The Labute approximate surface area is 151 Å². The molecule has 2 N–H and O–H groups in total. The summed E-state index contributed by atoms with van der Waals surface area (Å²) in [5.74, 6) is 1.05. The highest BCUT2D eigenvalue weighted by Gasteiger charge is 2.38. The average molecular weight is 354 g/mol. The van der Waals surface area contributed by atoms with Crippen LogP contribution in [0.3, 0.4) is 0 Å². The van der Waals surface area contributed by atoms with E-state index in [1.807, 2.05) is 10.8 Å². The molecule has 0 atom stereocenters. The molecule has 1 aliphatic rings. The number of aromatic nitrogens is 4. The van der Waals surface area contributed by atoms with Crippen molar-refractivity contribution in [3.8, 4) is 0 Å². The van der Waals surface area contributed by atoms with E-state index in [1.54, 1.807) is 19.4 Å². The Morgan fingerprint density at radius 1 is 1.38 bits per heavy atom. The fraction of sp³-hybridized carbons (Fsp3) is 0.444. The van der Waals surface area contributed by atoms with Gasteiger partial charge in [0.25, 0.3) is 5.91 Å². The van der Waals surface area contributed by atoms with Crippen LogP contribution in [0.4, 0.5) is 5.82 Å². The second-order valence-corrected chi connectivity index (χ2v) is 7.03. The molecule has 3 aromatic heterocycles. The van der Waals surface area contributed by atoms with Crippen molar-refractivity contribution in [3.05, 3.63) is 36.4 Å². The van der Waals surface area contributed by atoms with Gasteiger partial charge in [-0.1, -0.05) is 0 Å². The van der Waals surface area contributed by atoms with Crippen LogP contribution in [0.15, 0.2) is 29.5 Å². The maximum atomic E-state index is 12.8. The predicted molar refractivity (Wildman–Crippen MR) is 97.0 cm³/mol. The summed E-state index contributed by atoms with van der Waals surface area (Å²) in [6.45, 7) is 5.30. The number of imidazole rings is 1. The second kappa shape index (κ2) is 6.44. The van der Waals surface area contributed by atoms with Crippen LogP contribution in [0.2, 0.25) is 0 Å². The minimum Gasteiger partial charge on any atom is -0.442 e. The first kappa shape index (κ1) is 16.6. The van der Waals surface area contributed by atoms with Gasteiger partial charge in [0, 0.05) is 31.0 Å². The van der Waals surface area contributed by atoms with Crippen molar-refractivity contribution in [2.45, 2.75) is 45.2 Å². The molecule has 0 aromatic carbocycles. The molecule has 0 bridgehead atoms. The molecule has 0 saturated heterocycles. The Morgan fingerprint density at radius 2 is 2.23 bits per heavy atom. The lowest BCUT2D eigenvalue weighted by Gasteiger charge is -2.13. The molecule has 0 unspecified atom stereocenters. The maximum Gasteiger partial charge on any atom is 0.255 e. The number of carbonyl (C=O) groups is 1. The Hall–Kier alpha value is -2.90. The summed E-state index contributed by atoms with van der Waals surface area (Å²) in [4.78, 5) is 25.3. The van der Waals surface area contributed by atoms with Gasteiger partial charge >= 0.3 is 0 Å². The van der Waals surface area contributed by atoms with Crippen LogP contribution in [-0.2, 0) is 6.54 Å². The first-order valence-corrected chi connectivity index (χ1v) is 8.82. The Morgan fingerprint density at radius 3 is 2.96 bits per heavy atom. The third-order valence-corrected chi connectivity index (χ3v) is 4.75. The van der Waals surface area contributed by atoms with E-state index in [1.165, 1.54) is 6.33 Å². The summed E-state index contributed by atoms with van der Waals surface area (Å²) >= 11 is 0. The number of hydrogen-bond donors (Lipinski definition) is 2. The number of furan rings is 1. The maximum absolute atomic E-state index is 12.8. The Kier molecular flexibility index (Phi) is 4.10. The molecule has 136 valence electrons. The molecule has 8 heteroatoms. The number of fused-ring (bicyclic) bond motifs is 1. The van der Waals surface area contributed by atoms with Gasteiger partial charge < -0.3 is 19.6 Å². The molecule has 4 rings (SSSR count). The van der Waals surface area contributed by atoms with E-state index in [4.69, 9.17) is 4.42 Å². The first-order chi connectivity index (χ1) is 12.6. The quantitative estimate of drug-likeness (QED) is 0.633. The fourth-order valence-corrected chi connectivity index (χ4v) is 2.98. The van der Waals surface area contributed by atoms with E-state index in [0.717, 1.165) is 25.8 Å². The van der Waals surface area contributed by atoms with Gasteiger partial charge in [0.05, 0.1) is 17.3 Å². The van der Waals surface area contributed by atoms with Gasteiger partial charge in [0.2, 0.25) is 5.71 Å². The Bertz CT molecular complexity index is 927. The van der Waals surface area contributed by atoms with Gasteiger partial charge in [-0.15, -0.1) is 0 Å². The summed E-state index contributed by atoms with van der Waals surface area (Å²) in [5, 5.41) is 7.06. The van der Waals surface area contributed by atoms with Crippen LogP contribution in [-0.4, -0.2) is 37.5 Å². The summed E-state index contributed by atoms with van der Waals surface area (Å²) < 4.78 is 7.68. The van der Waals surface area contributed by atoms with Gasteiger partial charge in [-0.2, -0.15) is 0 Å². The topological polar surface area (TPSA) is 97.9 Å². The number of nitrogens with zero attached hydrogens (tertiary/aromatic N) is 4. The monoisotopic (exact) mass is 354 g/mol. The minimum absolute atomic E-state index is 0.0466. The van der Waals surface area contributed by atoms with Crippen LogP contribution in [0.1, 0.15) is 42.3 Å². The van der Waals surface area contributed by atoms with E-state index < -0.39 is 0 Å². The van der Waals surface area contributed by atoms with Crippen molar-refractivity contribution in [1.29, 1.82) is 0 Å². The smallest absolute Gasteiger partial charge is 0.255 e. The molecule has 1 aliphatic carbocycles. The van der Waals surface area contributed by atoms with Crippen molar-refractivity contribution in [1.82, 2.24) is 24.8 Å². The molecule has 0 aliphatic heterocycles. The number of amides is 1. The highest BCUT2D eigenvalue weighted by atomic mass is 16.3. The van der Waals surface area contributed by atoms with Crippen LogP contribution < -0.4 is 10.6 Å². The van der Waals surface area contributed by atoms with Crippen LogP contribution in [0, 0.1) is 6.92 Å². The van der Waals surface area contributed by atoms with Crippen LogP contribution in [0.25, 0.3) is 11.1 Å². The van der Waals surface area contributed by atoms with Crippen molar-refractivity contribution in [3.63, 3.8) is 0 Å². The number of carbonyl (C=O) groups excluding carboxylic acids is 1. The molecular weight excluding hydrogens is 332 g/mol. The second-order valence-electron chi connectivity index (χ2n) is 7.03. The van der Waals surface area contributed by atoms with E-state index >= 15 is 0 Å². The average Bonchev–Trinajstić information content (AvgIpc) is 3.00. The number of hydrogen-bond acceptors (Lipinski definition) is 6. The third-order valence-electron chi connectivity index (χ3n) is 4.75. The highest BCUT2D eigenvalue weighted by Crippen LogP contribution is 2.40. The van der Waals surface area contributed by atoms with Gasteiger partial charge in [0.1, 0.15) is 17.9 Å². The van der Waals surface area contributed by atoms with Crippen molar-refractivity contribution < 1.29 is 9.21 Å². The first-order valence-electron chi connectivity index (χ1n) is 8.82. The van der Waals surface area contributed by atoms with Gasteiger partial charge in [-0.3, -0.25) is 4.79 Å². The molecule has 1 amide bonds. The molecular formula is C18H22N6O2. The number of anilines is 1. The largest absolute Gasteiger partial charge is 0.442 e.